The Morgan fingerprint density at radius 3 is 1.64 bits per heavy atom. The van der Waals surface area contributed by atoms with Gasteiger partial charge in [0, 0.05) is 0 Å². The third-order valence-electron chi connectivity index (χ3n) is 11.5. The van der Waals surface area contributed by atoms with Crippen LogP contribution in [0.2, 0.25) is 0 Å². The van der Waals surface area contributed by atoms with Crippen LogP contribution < -0.4 is 26.5 Å². The van der Waals surface area contributed by atoms with Gasteiger partial charge in [0.2, 0.25) is 9.84 Å². The predicted octanol–water partition coefficient (Wildman–Crippen LogP) is 2.99. The number of aryl methyl sites for hydroxylation is 4. The molecule has 4 fully saturated rings. The second kappa shape index (κ2) is 15.6. The summed E-state index contributed by atoms with van der Waals surface area (Å²) < 4.78 is 46.2. The molecule has 2 unspecified atom stereocenters. The van der Waals surface area contributed by atoms with Crippen molar-refractivity contribution in [1.82, 2.24) is 13.7 Å². The van der Waals surface area contributed by atoms with Gasteiger partial charge in [-0.2, -0.15) is 0 Å². The van der Waals surface area contributed by atoms with Crippen molar-refractivity contribution in [2.75, 3.05) is 20.3 Å². The molecule has 4 saturated carbocycles. The first kappa shape index (κ1) is 40.2. The van der Waals surface area contributed by atoms with Crippen molar-refractivity contribution < 1.29 is 37.6 Å². The molecule has 298 valence electrons. The molecular formula is C40H51N3O11S. The van der Waals surface area contributed by atoms with Crippen LogP contribution in [-0.4, -0.2) is 70.8 Å². The van der Waals surface area contributed by atoms with Gasteiger partial charge in [-0.25, -0.2) is 36.5 Å². The van der Waals surface area contributed by atoms with Crippen LogP contribution in [0.3, 0.4) is 0 Å². The summed E-state index contributed by atoms with van der Waals surface area (Å²) in [5.74, 6) is 2.13. The Morgan fingerprint density at radius 1 is 0.782 bits per heavy atom. The molecule has 2 N–H and O–H groups in total. The number of aliphatic hydroxyl groups excluding tert-OH is 2. The highest BCUT2D eigenvalue weighted by molar-refractivity contribution is 7.91. The lowest BCUT2D eigenvalue weighted by Crippen LogP contribution is -2.56. The minimum atomic E-state index is -3.91. The van der Waals surface area contributed by atoms with E-state index in [4.69, 9.17) is 14.2 Å². The van der Waals surface area contributed by atoms with Crippen LogP contribution >= 0.6 is 0 Å². The Labute approximate surface area is 319 Å². The van der Waals surface area contributed by atoms with Gasteiger partial charge in [0.1, 0.15) is 36.9 Å². The fourth-order valence-corrected chi connectivity index (χ4v) is 11.1. The summed E-state index contributed by atoms with van der Waals surface area (Å²) in [6.45, 7) is 8.28. The molecule has 0 radical (unpaired) electrons. The second-order valence-corrected chi connectivity index (χ2v) is 17.8. The smallest absolute Gasteiger partial charge is 0.336 e. The molecule has 4 aliphatic carbocycles. The zero-order valence-electron chi connectivity index (χ0n) is 32.1. The van der Waals surface area contributed by atoms with Crippen molar-refractivity contribution in [2.24, 2.45) is 23.2 Å². The highest BCUT2D eigenvalue weighted by Gasteiger charge is 2.55. The number of sulfone groups is 1. The summed E-state index contributed by atoms with van der Waals surface area (Å²) in [7, 11) is -2.38. The summed E-state index contributed by atoms with van der Waals surface area (Å²) in [5.41, 5.74) is -1.26. The van der Waals surface area contributed by atoms with E-state index < -0.39 is 64.2 Å². The number of rotatable bonds is 15. The quantitative estimate of drug-likeness (QED) is 0.171. The van der Waals surface area contributed by atoms with E-state index in [0.717, 1.165) is 43.1 Å². The number of hydrogen-bond donors (Lipinski definition) is 2. The summed E-state index contributed by atoms with van der Waals surface area (Å²) >= 11 is 0. The molecule has 3 aromatic rings. The molecule has 2 aromatic carbocycles. The van der Waals surface area contributed by atoms with Crippen LogP contribution in [0.15, 0.2) is 61.1 Å². The average Bonchev–Trinajstić information content (AvgIpc) is 3.11. The highest BCUT2D eigenvalue weighted by atomic mass is 32.2. The van der Waals surface area contributed by atoms with Gasteiger partial charge in [-0.3, -0.25) is 4.79 Å². The highest BCUT2D eigenvalue weighted by Crippen LogP contribution is 2.60. The van der Waals surface area contributed by atoms with Gasteiger partial charge in [0.05, 0.1) is 42.0 Å². The van der Waals surface area contributed by atoms with Gasteiger partial charge in [0.25, 0.3) is 0 Å². The molecule has 14 nitrogen and oxygen atoms in total. The standard InChI is InChI=1S/C40H51N3O11S/c1-7-8-41-37(47)42(39(49)43(38(41)48)20-31(45)22-54-36(46)40-16-27-13-28(17-40)15-29(14-27)18-40)19-30(44)21-53-35-25(4)11-33(12-26(35)5)55(50,51)32-9-23(2)34(52-6)24(3)10-32/h7,9-12,27-31,44-45H,1,8,13-22H2,2-6H3. The maximum absolute atomic E-state index is 13.6. The molecular weight excluding hydrogens is 731 g/mol. The molecule has 0 amide bonds. The number of nitrogens with zero attached hydrogens (tertiary/aromatic N) is 3. The van der Waals surface area contributed by atoms with E-state index in [2.05, 4.69) is 6.58 Å². The number of carbonyl (C=O) groups excluding carboxylic acids is 1. The van der Waals surface area contributed by atoms with E-state index in [9.17, 15) is 37.8 Å². The Bertz CT molecular complexity index is 2210. The number of esters is 1. The third kappa shape index (κ3) is 7.83. The van der Waals surface area contributed by atoms with Crippen molar-refractivity contribution in [1.29, 1.82) is 0 Å². The van der Waals surface area contributed by atoms with Crippen molar-refractivity contribution in [3.63, 3.8) is 0 Å². The fourth-order valence-electron chi connectivity index (χ4n) is 9.49. The van der Waals surface area contributed by atoms with E-state index in [1.54, 1.807) is 39.8 Å². The molecule has 4 bridgehead atoms. The van der Waals surface area contributed by atoms with Crippen LogP contribution in [0.1, 0.15) is 60.8 Å². The number of ether oxygens (including phenoxy) is 3. The number of aromatic nitrogens is 3. The summed E-state index contributed by atoms with van der Waals surface area (Å²) in [6, 6.07) is 6.05. The van der Waals surface area contributed by atoms with E-state index in [0.29, 0.717) is 60.6 Å². The van der Waals surface area contributed by atoms with Crippen molar-refractivity contribution in [2.45, 2.75) is 108 Å². The molecule has 55 heavy (non-hydrogen) atoms. The first-order valence-electron chi connectivity index (χ1n) is 18.7. The van der Waals surface area contributed by atoms with Crippen LogP contribution in [0.25, 0.3) is 0 Å². The summed E-state index contributed by atoms with van der Waals surface area (Å²) in [4.78, 5) is 53.7. The van der Waals surface area contributed by atoms with E-state index in [1.807, 2.05) is 0 Å². The molecule has 1 heterocycles. The summed E-state index contributed by atoms with van der Waals surface area (Å²) in [5, 5.41) is 21.9. The molecule has 15 heteroatoms. The number of methoxy groups -OCH3 is 1. The third-order valence-corrected chi connectivity index (χ3v) is 13.2. The van der Waals surface area contributed by atoms with E-state index in [-0.39, 0.29) is 28.9 Å². The lowest BCUT2D eigenvalue weighted by atomic mass is 9.49. The van der Waals surface area contributed by atoms with Gasteiger partial charge in [0.15, 0.2) is 0 Å². The number of benzene rings is 2. The molecule has 1 aromatic heterocycles. The first-order chi connectivity index (χ1) is 26.0. The van der Waals surface area contributed by atoms with E-state index >= 15 is 0 Å². The minimum absolute atomic E-state index is 0.0562. The SMILES string of the molecule is C=CCn1c(=O)n(CC(O)COC(=O)C23CC4CC(CC(C4)C2)C3)c(=O)n(CC(O)COc2c(C)cc(S(=O)(=O)c3cc(C)c(OC)c(C)c3)cc2C)c1=O. The van der Waals surface area contributed by atoms with Crippen LogP contribution in [0.5, 0.6) is 11.5 Å². The molecule has 0 aliphatic heterocycles. The predicted molar refractivity (Wildman–Crippen MR) is 202 cm³/mol. The maximum Gasteiger partial charge on any atom is 0.336 e. The Hall–Kier alpha value is -4.47. The lowest BCUT2D eigenvalue weighted by Gasteiger charge is -2.55. The second-order valence-electron chi connectivity index (χ2n) is 15.9. The largest absolute Gasteiger partial charge is 0.496 e. The fraction of sp³-hybridized carbons (Fsp3) is 0.550. The average molecular weight is 782 g/mol. The Morgan fingerprint density at radius 2 is 1.20 bits per heavy atom. The van der Waals surface area contributed by atoms with Gasteiger partial charge in [-0.05, 0) is 130 Å². The lowest BCUT2D eigenvalue weighted by molar-refractivity contribution is -0.174. The first-order valence-corrected chi connectivity index (χ1v) is 20.2. The van der Waals surface area contributed by atoms with Gasteiger partial charge in [-0.15, -0.1) is 6.58 Å². The molecule has 0 spiro atoms. The monoisotopic (exact) mass is 781 g/mol. The van der Waals surface area contributed by atoms with Crippen molar-refractivity contribution >= 4 is 15.8 Å². The zero-order chi connectivity index (χ0) is 40.0. The number of hydrogen-bond acceptors (Lipinski definition) is 11. The van der Waals surface area contributed by atoms with Gasteiger partial charge < -0.3 is 24.4 Å². The zero-order valence-corrected chi connectivity index (χ0v) is 32.9. The van der Waals surface area contributed by atoms with Crippen LogP contribution in [0.4, 0.5) is 0 Å². The topological polar surface area (TPSA) is 185 Å². The molecule has 0 saturated heterocycles. The number of carbonyl (C=O) groups is 1. The van der Waals surface area contributed by atoms with Crippen LogP contribution in [-0.2, 0) is 39.0 Å². The maximum atomic E-state index is 13.6. The normalized spacial score (nSPS) is 22.6. The molecule has 4 aliphatic rings. The molecule has 7 rings (SSSR count). The number of aliphatic hydroxyl groups is 2. The van der Waals surface area contributed by atoms with Gasteiger partial charge in [-0.1, -0.05) is 6.08 Å². The summed E-state index contributed by atoms with van der Waals surface area (Å²) in [6.07, 6.45) is 4.26. The van der Waals surface area contributed by atoms with Crippen molar-refractivity contribution in [3.05, 3.63) is 90.6 Å². The Kier molecular flexibility index (Phi) is 11.4. The van der Waals surface area contributed by atoms with Gasteiger partial charge >= 0.3 is 23.0 Å². The van der Waals surface area contributed by atoms with E-state index in [1.165, 1.54) is 25.3 Å². The number of allylic oxidation sites excluding steroid dienone is 1. The van der Waals surface area contributed by atoms with Crippen LogP contribution in [0, 0.1) is 50.9 Å². The van der Waals surface area contributed by atoms with Crippen molar-refractivity contribution in [3.8, 4) is 11.5 Å². The minimum Gasteiger partial charge on any atom is -0.496 e. The Balaban J connectivity index is 1.15. The molecule has 2 atom stereocenters.